The SMILES string of the molecule is Cc1ccccc1C(NC(=O)COc1cccc2c1CCCC2)c1ccccc1. The van der Waals surface area contributed by atoms with Gasteiger partial charge in [0.25, 0.3) is 5.91 Å². The fourth-order valence-electron chi connectivity index (χ4n) is 4.12. The van der Waals surface area contributed by atoms with Crippen molar-refractivity contribution in [2.45, 2.75) is 38.6 Å². The second-order valence-electron chi connectivity index (χ2n) is 7.66. The molecule has 1 amide bonds. The first kappa shape index (κ1) is 19.3. The summed E-state index contributed by atoms with van der Waals surface area (Å²) in [7, 11) is 0. The van der Waals surface area contributed by atoms with Crippen LogP contribution >= 0.6 is 0 Å². The number of benzene rings is 3. The van der Waals surface area contributed by atoms with Crippen molar-refractivity contribution in [3.05, 3.63) is 101 Å². The number of carbonyl (C=O) groups is 1. The lowest BCUT2D eigenvalue weighted by atomic mass is 9.91. The van der Waals surface area contributed by atoms with Crippen molar-refractivity contribution in [2.24, 2.45) is 0 Å². The van der Waals surface area contributed by atoms with Gasteiger partial charge in [-0.1, -0.05) is 66.7 Å². The average molecular weight is 386 g/mol. The van der Waals surface area contributed by atoms with Gasteiger partial charge in [0.15, 0.2) is 6.61 Å². The van der Waals surface area contributed by atoms with Crippen molar-refractivity contribution >= 4 is 5.91 Å². The van der Waals surface area contributed by atoms with E-state index in [9.17, 15) is 4.79 Å². The normalized spacial score (nSPS) is 14.0. The highest BCUT2D eigenvalue weighted by molar-refractivity contribution is 5.78. The van der Waals surface area contributed by atoms with Gasteiger partial charge in [0.05, 0.1) is 6.04 Å². The molecule has 1 atom stereocenters. The van der Waals surface area contributed by atoms with Gasteiger partial charge in [-0.3, -0.25) is 4.79 Å². The highest BCUT2D eigenvalue weighted by Gasteiger charge is 2.19. The molecule has 4 rings (SSSR count). The third-order valence-corrected chi connectivity index (χ3v) is 5.65. The molecule has 1 N–H and O–H groups in total. The van der Waals surface area contributed by atoms with Gasteiger partial charge in [0, 0.05) is 0 Å². The molecular formula is C26H27NO2. The molecule has 1 unspecified atom stereocenters. The van der Waals surface area contributed by atoms with Gasteiger partial charge in [0.1, 0.15) is 5.75 Å². The van der Waals surface area contributed by atoms with Crippen LogP contribution < -0.4 is 10.1 Å². The van der Waals surface area contributed by atoms with Crippen molar-refractivity contribution in [3.63, 3.8) is 0 Å². The number of hydrogen-bond acceptors (Lipinski definition) is 2. The number of carbonyl (C=O) groups excluding carboxylic acids is 1. The molecule has 0 saturated heterocycles. The summed E-state index contributed by atoms with van der Waals surface area (Å²) >= 11 is 0. The maximum absolute atomic E-state index is 12.8. The molecule has 0 spiro atoms. The zero-order valence-corrected chi connectivity index (χ0v) is 16.9. The fourth-order valence-corrected chi connectivity index (χ4v) is 4.12. The van der Waals surface area contributed by atoms with E-state index in [1.807, 2.05) is 54.6 Å². The van der Waals surface area contributed by atoms with Gasteiger partial charge in [-0.25, -0.2) is 0 Å². The van der Waals surface area contributed by atoms with Crippen molar-refractivity contribution in [1.29, 1.82) is 0 Å². The molecule has 0 bridgehead atoms. The highest BCUT2D eigenvalue weighted by atomic mass is 16.5. The minimum Gasteiger partial charge on any atom is -0.483 e. The molecule has 0 fully saturated rings. The molecule has 0 aromatic heterocycles. The minimum absolute atomic E-state index is 0.0195. The number of amides is 1. The minimum atomic E-state index is -0.196. The topological polar surface area (TPSA) is 38.3 Å². The van der Waals surface area contributed by atoms with Crippen LogP contribution in [-0.4, -0.2) is 12.5 Å². The maximum Gasteiger partial charge on any atom is 0.258 e. The zero-order valence-electron chi connectivity index (χ0n) is 16.9. The molecule has 0 saturated carbocycles. The van der Waals surface area contributed by atoms with E-state index in [1.165, 1.54) is 24.0 Å². The Bertz CT molecular complexity index is 981. The Hall–Kier alpha value is -3.07. The van der Waals surface area contributed by atoms with Crippen LogP contribution in [0.5, 0.6) is 5.75 Å². The molecule has 0 heterocycles. The molecule has 0 aliphatic heterocycles. The quantitative estimate of drug-likeness (QED) is 0.637. The molecule has 1 aliphatic carbocycles. The average Bonchev–Trinajstić information content (AvgIpc) is 2.77. The van der Waals surface area contributed by atoms with Crippen molar-refractivity contribution < 1.29 is 9.53 Å². The van der Waals surface area contributed by atoms with Gasteiger partial charge in [-0.2, -0.15) is 0 Å². The summed E-state index contributed by atoms with van der Waals surface area (Å²) in [4.78, 5) is 12.8. The van der Waals surface area contributed by atoms with Crippen molar-refractivity contribution in [2.75, 3.05) is 6.61 Å². The van der Waals surface area contributed by atoms with Crippen molar-refractivity contribution in [1.82, 2.24) is 5.32 Å². The number of aryl methyl sites for hydroxylation is 2. The van der Waals surface area contributed by atoms with Crippen LogP contribution in [0.25, 0.3) is 0 Å². The standard InChI is InChI=1S/C26H27NO2/c1-19-10-5-7-15-22(19)26(21-12-3-2-4-13-21)27-25(28)18-29-24-17-9-14-20-11-6-8-16-23(20)24/h2-5,7,9-10,12-15,17,26H,6,8,11,16,18H2,1H3,(H,27,28). The smallest absolute Gasteiger partial charge is 0.258 e. The summed E-state index contributed by atoms with van der Waals surface area (Å²) in [6.07, 6.45) is 4.54. The molecule has 3 nitrogen and oxygen atoms in total. The maximum atomic E-state index is 12.8. The molecular weight excluding hydrogens is 358 g/mol. The van der Waals surface area contributed by atoms with E-state index < -0.39 is 0 Å². The number of nitrogens with one attached hydrogen (secondary N) is 1. The Balaban J connectivity index is 1.50. The molecule has 1 aliphatic rings. The second kappa shape index (κ2) is 8.95. The zero-order chi connectivity index (χ0) is 20.1. The number of fused-ring (bicyclic) bond motifs is 1. The molecule has 29 heavy (non-hydrogen) atoms. The fraction of sp³-hybridized carbons (Fsp3) is 0.269. The third kappa shape index (κ3) is 4.51. The van der Waals surface area contributed by atoms with E-state index in [-0.39, 0.29) is 18.6 Å². The Morgan fingerprint density at radius 3 is 2.52 bits per heavy atom. The van der Waals surface area contributed by atoms with Crippen LogP contribution in [0, 0.1) is 6.92 Å². The molecule has 3 aromatic rings. The van der Waals surface area contributed by atoms with Crippen LogP contribution in [0.2, 0.25) is 0 Å². The molecule has 3 aromatic carbocycles. The lowest BCUT2D eigenvalue weighted by molar-refractivity contribution is -0.123. The summed E-state index contributed by atoms with van der Waals surface area (Å²) < 4.78 is 5.96. The summed E-state index contributed by atoms with van der Waals surface area (Å²) in [5.74, 6) is 0.736. The Morgan fingerprint density at radius 2 is 1.69 bits per heavy atom. The van der Waals surface area contributed by atoms with Gasteiger partial charge < -0.3 is 10.1 Å². The Morgan fingerprint density at radius 1 is 0.931 bits per heavy atom. The highest BCUT2D eigenvalue weighted by Crippen LogP contribution is 2.29. The lowest BCUT2D eigenvalue weighted by Gasteiger charge is -2.23. The number of ether oxygens (including phenoxy) is 1. The summed E-state index contributed by atoms with van der Waals surface area (Å²) in [6, 6.07) is 24.2. The first-order chi connectivity index (χ1) is 14.2. The van der Waals surface area contributed by atoms with E-state index in [0.717, 1.165) is 35.3 Å². The largest absolute Gasteiger partial charge is 0.483 e. The van der Waals surface area contributed by atoms with Crippen LogP contribution in [0.15, 0.2) is 72.8 Å². The van der Waals surface area contributed by atoms with Gasteiger partial charge >= 0.3 is 0 Å². The van der Waals surface area contributed by atoms with E-state index in [0.29, 0.717) is 0 Å². The van der Waals surface area contributed by atoms with Gasteiger partial charge in [0.2, 0.25) is 0 Å². The first-order valence-electron chi connectivity index (χ1n) is 10.4. The van der Waals surface area contributed by atoms with Gasteiger partial charge in [-0.15, -0.1) is 0 Å². The Kier molecular flexibility index (Phi) is 5.95. The summed E-state index contributed by atoms with van der Waals surface area (Å²) in [5, 5.41) is 3.18. The second-order valence-corrected chi connectivity index (χ2v) is 7.66. The number of rotatable bonds is 6. The van der Waals surface area contributed by atoms with E-state index in [4.69, 9.17) is 4.74 Å². The molecule has 0 radical (unpaired) electrons. The number of hydrogen-bond donors (Lipinski definition) is 1. The monoisotopic (exact) mass is 385 g/mol. The first-order valence-corrected chi connectivity index (χ1v) is 10.4. The van der Waals surface area contributed by atoms with Crippen LogP contribution in [0.3, 0.4) is 0 Å². The Labute approximate surface area is 172 Å². The van der Waals surface area contributed by atoms with Crippen LogP contribution in [-0.2, 0) is 17.6 Å². The molecule has 3 heteroatoms. The van der Waals surface area contributed by atoms with E-state index >= 15 is 0 Å². The van der Waals surface area contributed by atoms with Crippen LogP contribution in [0.1, 0.15) is 46.7 Å². The lowest BCUT2D eigenvalue weighted by Crippen LogP contribution is -2.33. The predicted molar refractivity (Wildman–Crippen MR) is 116 cm³/mol. The van der Waals surface area contributed by atoms with Crippen molar-refractivity contribution in [3.8, 4) is 5.75 Å². The third-order valence-electron chi connectivity index (χ3n) is 5.65. The van der Waals surface area contributed by atoms with E-state index in [2.05, 4.69) is 30.4 Å². The summed E-state index contributed by atoms with van der Waals surface area (Å²) in [5.41, 5.74) is 5.94. The summed E-state index contributed by atoms with van der Waals surface area (Å²) in [6.45, 7) is 2.09. The van der Waals surface area contributed by atoms with Gasteiger partial charge in [-0.05, 0) is 66.5 Å². The van der Waals surface area contributed by atoms with Crippen LogP contribution in [0.4, 0.5) is 0 Å². The predicted octanol–water partition coefficient (Wildman–Crippen LogP) is 5.16. The molecule has 148 valence electrons. The van der Waals surface area contributed by atoms with E-state index in [1.54, 1.807) is 0 Å².